The van der Waals surface area contributed by atoms with E-state index < -0.39 is 0 Å². The molecule has 90 valence electrons. The molecule has 0 aromatic carbocycles. The third kappa shape index (κ3) is 2.61. The van der Waals surface area contributed by atoms with Crippen molar-refractivity contribution in [2.45, 2.75) is 20.4 Å². The van der Waals surface area contributed by atoms with Gasteiger partial charge in [0.1, 0.15) is 17.7 Å². The zero-order valence-corrected chi connectivity index (χ0v) is 10.3. The second kappa shape index (κ2) is 5.23. The van der Waals surface area contributed by atoms with E-state index in [9.17, 15) is 0 Å². The van der Waals surface area contributed by atoms with Gasteiger partial charge in [0.05, 0.1) is 17.8 Å². The summed E-state index contributed by atoms with van der Waals surface area (Å²) in [6.07, 6.45) is 3.40. The molecule has 1 N–H and O–H groups in total. The Bertz CT molecular complexity index is 601. The van der Waals surface area contributed by atoms with Gasteiger partial charge in [0.15, 0.2) is 0 Å². The van der Waals surface area contributed by atoms with Crippen LogP contribution in [0.15, 0.2) is 24.5 Å². The van der Waals surface area contributed by atoms with Crippen LogP contribution in [0.3, 0.4) is 0 Å². The van der Waals surface area contributed by atoms with Crippen molar-refractivity contribution >= 4 is 5.82 Å². The number of nitrogens with zero attached hydrogens (tertiary/aromatic N) is 4. The predicted octanol–water partition coefficient (Wildman–Crippen LogP) is 1.97. The maximum atomic E-state index is 9.08. The number of nitriles is 1. The van der Waals surface area contributed by atoms with Gasteiger partial charge in [-0.15, -0.1) is 0 Å². The van der Waals surface area contributed by atoms with Gasteiger partial charge in [-0.25, -0.2) is 15.0 Å². The second-order valence-electron chi connectivity index (χ2n) is 3.91. The molecule has 5 heteroatoms. The third-order valence-electron chi connectivity index (χ3n) is 2.54. The van der Waals surface area contributed by atoms with Crippen LogP contribution in [0.25, 0.3) is 0 Å². The van der Waals surface area contributed by atoms with E-state index in [2.05, 4.69) is 26.3 Å². The van der Waals surface area contributed by atoms with Crippen molar-refractivity contribution in [3.63, 3.8) is 0 Å². The summed E-state index contributed by atoms with van der Waals surface area (Å²) in [4.78, 5) is 12.5. The summed E-state index contributed by atoms with van der Waals surface area (Å²) < 4.78 is 0. The highest BCUT2D eigenvalue weighted by Gasteiger charge is 2.06. The highest BCUT2D eigenvalue weighted by Crippen LogP contribution is 2.15. The van der Waals surface area contributed by atoms with Gasteiger partial charge in [0.25, 0.3) is 0 Å². The van der Waals surface area contributed by atoms with Crippen LogP contribution in [0.1, 0.15) is 22.6 Å². The molecule has 0 unspecified atom stereocenters. The summed E-state index contributed by atoms with van der Waals surface area (Å²) in [6.45, 7) is 4.25. The number of hydrogen-bond acceptors (Lipinski definition) is 5. The molecule has 0 amide bonds. The van der Waals surface area contributed by atoms with Crippen molar-refractivity contribution in [1.82, 2.24) is 15.0 Å². The lowest BCUT2D eigenvalue weighted by atomic mass is 10.1. The summed E-state index contributed by atoms with van der Waals surface area (Å²) in [5.41, 5.74) is 2.35. The molecule has 0 radical (unpaired) electrons. The van der Waals surface area contributed by atoms with Crippen molar-refractivity contribution < 1.29 is 0 Å². The van der Waals surface area contributed by atoms with Crippen molar-refractivity contribution in [1.29, 1.82) is 5.26 Å². The monoisotopic (exact) mass is 239 g/mol. The van der Waals surface area contributed by atoms with Gasteiger partial charge in [-0.1, -0.05) is 0 Å². The van der Waals surface area contributed by atoms with E-state index in [0.29, 0.717) is 17.9 Å². The van der Waals surface area contributed by atoms with Crippen molar-refractivity contribution in [3.05, 3.63) is 47.2 Å². The zero-order chi connectivity index (χ0) is 13.0. The van der Waals surface area contributed by atoms with Crippen LogP contribution in [0.5, 0.6) is 0 Å². The lowest BCUT2D eigenvalue weighted by Gasteiger charge is -2.08. The number of nitrogens with one attached hydrogen (secondary N) is 1. The molecule has 0 aliphatic heterocycles. The van der Waals surface area contributed by atoms with Crippen LogP contribution in [0.2, 0.25) is 0 Å². The van der Waals surface area contributed by atoms with Gasteiger partial charge in [-0.2, -0.15) is 5.26 Å². The molecule has 0 aliphatic rings. The Hall–Kier alpha value is -2.48. The van der Waals surface area contributed by atoms with Crippen molar-refractivity contribution in [2.75, 3.05) is 5.32 Å². The van der Waals surface area contributed by atoms with E-state index >= 15 is 0 Å². The van der Waals surface area contributed by atoms with E-state index in [4.69, 9.17) is 5.26 Å². The van der Waals surface area contributed by atoms with Crippen LogP contribution in [0, 0.1) is 25.2 Å². The maximum Gasteiger partial charge on any atom is 0.144 e. The molecule has 2 aromatic heterocycles. The first-order valence-corrected chi connectivity index (χ1v) is 5.59. The van der Waals surface area contributed by atoms with Crippen LogP contribution in [-0.4, -0.2) is 15.0 Å². The molecule has 18 heavy (non-hydrogen) atoms. The smallest absolute Gasteiger partial charge is 0.144 e. The first-order valence-electron chi connectivity index (χ1n) is 5.59. The van der Waals surface area contributed by atoms with Crippen LogP contribution < -0.4 is 5.32 Å². The normalized spacial score (nSPS) is 9.83. The van der Waals surface area contributed by atoms with E-state index in [-0.39, 0.29) is 0 Å². The number of pyridine rings is 1. The molecule has 5 nitrogen and oxygen atoms in total. The fraction of sp³-hybridized carbons (Fsp3) is 0.231. The quantitative estimate of drug-likeness (QED) is 0.886. The molecule has 0 spiro atoms. The van der Waals surface area contributed by atoms with Crippen LogP contribution in [-0.2, 0) is 6.54 Å². The van der Waals surface area contributed by atoms with Gasteiger partial charge in [-0.3, -0.25) is 0 Å². The summed E-state index contributed by atoms with van der Waals surface area (Å²) in [6, 6.07) is 5.81. The van der Waals surface area contributed by atoms with Gasteiger partial charge in [0.2, 0.25) is 0 Å². The topological polar surface area (TPSA) is 74.5 Å². The Morgan fingerprint density at radius 3 is 2.72 bits per heavy atom. The first-order chi connectivity index (χ1) is 8.70. The minimum absolute atomic E-state index is 0.522. The molecular weight excluding hydrogens is 226 g/mol. The summed E-state index contributed by atoms with van der Waals surface area (Å²) in [5.74, 6) is 1.32. The zero-order valence-electron chi connectivity index (χ0n) is 10.3. The molecule has 0 bridgehead atoms. The highest BCUT2D eigenvalue weighted by molar-refractivity contribution is 5.55. The number of aryl methyl sites for hydroxylation is 2. The molecule has 0 saturated heterocycles. The highest BCUT2D eigenvalue weighted by atomic mass is 15.0. The number of aromatic nitrogens is 3. The molecule has 2 heterocycles. The number of rotatable bonds is 3. The minimum Gasteiger partial charge on any atom is -0.363 e. The van der Waals surface area contributed by atoms with Crippen molar-refractivity contribution in [2.24, 2.45) is 0 Å². The van der Waals surface area contributed by atoms with Crippen molar-refractivity contribution in [3.8, 4) is 6.07 Å². The van der Waals surface area contributed by atoms with Gasteiger partial charge < -0.3 is 5.32 Å². The average molecular weight is 239 g/mol. The Kier molecular flexibility index (Phi) is 3.49. The minimum atomic E-state index is 0.522. The number of anilines is 1. The lowest BCUT2D eigenvalue weighted by molar-refractivity contribution is 0.948. The average Bonchev–Trinajstić information content (AvgIpc) is 2.36. The molecule has 0 saturated carbocycles. The predicted molar refractivity (Wildman–Crippen MR) is 67.8 cm³/mol. The Morgan fingerprint density at radius 1 is 1.22 bits per heavy atom. The van der Waals surface area contributed by atoms with E-state index in [1.807, 2.05) is 26.0 Å². The second-order valence-corrected chi connectivity index (χ2v) is 3.91. The SMILES string of the molecule is Cc1nccc(CNc2nccc(C)c2C#N)n1. The Labute approximate surface area is 106 Å². The largest absolute Gasteiger partial charge is 0.363 e. The van der Waals surface area contributed by atoms with Crippen LogP contribution in [0.4, 0.5) is 5.82 Å². The lowest BCUT2D eigenvalue weighted by Crippen LogP contribution is -2.06. The third-order valence-corrected chi connectivity index (χ3v) is 2.54. The summed E-state index contributed by atoms with van der Waals surface area (Å²) >= 11 is 0. The molecule has 0 atom stereocenters. The summed E-state index contributed by atoms with van der Waals surface area (Å²) in [7, 11) is 0. The molecular formula is C13H13N5. The molecule has 2 aromatic rings. The Balaban J connectivity index is 2.16. The molecule has 0 aliphatic carbocycles. The van der Waals surface area contributed by atoms with Gasteiger partial charge in [-0.05, 0) is 31.5 Å². The van der Waals surface area contributed by atoms with Gasteiger partial charge >= 0.3 is 0 Å². The first kappa shape index (κ1) is 12.0. The maximum absolute atomic E-state index is 9.08. The molecule has 0 fully saturated rings. The number of hydrogen-bond donors (Lipinski definition) is 1. The summed E-state index contributed by atoms with van der Waals surface area (Å²) in [5, 5.41) is 12.2. The standard InChI is InChI=1S/C13H13N5/c1-9-3-5-16-13(12(9)7-14)17-8-11-4-6-15-10(2)18-11/h3-6H,8H2,1-2H3,(H,16,17). The van der Waals surface area contributed by atoms with Crippen LogP contribution >= 0.6 is 0 Å². The van der Waals surface area contributed by atoms with E-state index in [0.717, 1.165) is 17.1 Å². The van der Waals surface area contributed by atoms with E-state index in [1.54, 1.807) is 12.4 Å². The van der Waals surface area contributed by atoms with E-state index in [1.165, 1.54) is 0 Å². The molecule has 2 rings (SSSR count). The Morgan fingerprint density at radius 2 is 2.00 bits per heavy atom. The van der Waals surface area contributed by atoms with Gasteiger partial charge in [0, 0.05) is 12.4 Å². The fourth-order valence-electron chi connectivity index (χ4n) is 1.61. The fourth-order valence-corrected chi connectivity index (χ4v) is 1.61.